The van der Waals surface area contributed by atoms with Gasteiger partial charge in [0.2, 0.25) is 11.8 Å². The predicted molar refractivity (Wildman–Crippen MR) is 131 cm³/mol. The molecule has 0 aromatic heterocycles. The summed E-state index contributed by atoms with van der Waals surface area (Å²) in [5, 5.41) is 5.86. The highest BCUT2D eigenvalue weighted by Crippen LogP contribution is 2.31. The van der Waals surface area contributed by atoms with Crippen LogP contribution in [0, 0.1) is 5.82 Å². The van der Waals surface area contributed by atoms with Crippen LogP contribution in [0.2, 0.25) is 0 Å². The van der Waals surface area contributed by atoms with E-state index < -0.39 is 11.9 Å². The van der Waals surface area contributed by atoms with E-state index >= 15 is 0 Å². The average molecular weight is 495 g/mol. The third-order valence-corrected chi connectivity index (χ3v) is 7.21. The van der Waals surface area contributed by atoms with Gasteiger partial charge in [-0.25, -0.2) is 4.39 Å². The SMILES string of the molecule is CCN[C@@H]1CCN(Cc2ccc(F)cc2)C[C@H]1Oc1ccc2c(c1)CN(C1CCC(=O)NC1=O)C2=O. The lowest BCUT2D eigenvalue weighted by Crippen LogP contribution is -2.54. The van der Waals surface area contributed by atoms with Crippen molar-refractivity contribution < 1.29 is 23.5 Å². The van der Waals surface area contributed by atoms with Crippen LogP contribution in [0.25, 0.3) is 0 Å². The maximum Gasteiger partial charge on any atom is 0.255 e. The highest BCUT2D eigenvalue weighted by molar-refractivity contribution is 6.05. The third-order valence-electron chi connectivity index (χ3n) is 7.21. The van der Waals surface area contributed by atoms with Crippen LogP contribution in [0.1, 0.15) is 47.7 Å². The van der Waals surface area contributed by atoms with E-state index in [0.29, 0.717) is 30.8 Å². The Bertz CT molecular complexity index is 1150. The Balaban J connectivity index is 1.28. The van der Waals surface area contributed by atoms with Gasteiger partial charge in [-0.15, -0.1) is 0 Å². The minimum Gasteiger partial charge on any atom is -0.487 e. The summed E-state index contributed by atoms with van der Waals surface area (Å²) in [7, 11) is 0. The number of fused-ring (bicyclic) bond motifs is 1. The molecule has 2 fully saturated rings. The van der Waals surface area contributed by atoms with Crippen molar-refractivity contribution in [3.63, 3.8) is 0 Å². The topological polar surface area (TPSA) is 91.0 Å². The van der Waals surface area contributed by atoms with Crippen molar-refractivity contribution in [3.8, 4) is 5.75 Å². The molecule has 3 atom stereocenters. The lowest BCUT2D eigenvalue weighted by molar-refractivity contribution is -0.136. The van der Waals surface area contributed by atoms with Crippen molar-refractivity contribution in [2.75, 3.05) is 19.6 Å². The number of nitrogens with one attached hydrogen (secondary N) is 2. The highest BCUT2D eigenvalue weighted by Gasteiger charge is 2.39. The number of imide groups is 1. The van der Waals surface area contributed by atoms with Crippen molar-refractivity contribution in [2.45, 2.75) is 57.5 Å². The fourth-order valence-electron chi connectivity index (χ4n) is 5.39. The molecule has 3 amide bonds. The van der Waals surface area contributed by atoms with Gasteiger partial charge in [0, 0.05) is 44.2 Å². The minimum absolute atomic E-state index is 0.0967. The molecule has 0 radical (unpaired) electrons. The Morgan fingerprint density at radius 2 is 1.92 bits per heavy atom. The Morgan fingerprint density at radius 1 is 1.11 bits per heavy atom. The fraction of sp³-hybridized carbons (Fsp3) is 0.444. The van der Waals surface area contributed by atoms with Gasteiger partial charge in [0.15, 0.2) is 0 Å². The zero-order valence-electron chi connectivity index (χ0n) is 20.3. The number of hydrogen-bond acceptors (Lipinski definition) is 6. The predicted octanol–water partition coefficient (Wildman–Crippen LogP) is 2.22. The normalized spacial score (nSPS) is 24.6. The Kier molecular flexibility index (Phi) is 7.02. The molecule has 3 aliphatic heterocycles. The number of ether oxygens (including phenoxy) is 1. The van der Waals surface area contributed by atoms with Crippen LogP contribution in [0.15, 0.2) is 42.5 Å². The molecule has 3 heterocycles. The van der Waals surface area contributed by atoms with Gasteiger partial charge >= 0.3 is 0 Å². The molecule has 0 bridgehead atoms. The van der Waals surface area contributed by atoms with Gasteiger partial charge in [0.05, 0.1) is 0 Å². The van der Waals surface area contributed by atoms with E-state index in [4.69, 9.17) is 4.74 Å². The summed E-state index contributed by atoms with van der Waals surface area (Å²) >= 11 is 0. The molecule has 0 spiro atoms. The van der Waals surface area contributed by atoms with Crippen molar-refractivity contribution in [3.05, 3.63) is 65.0 Å². The number of amides is 3. The minimum atomic E-state index is -0.636. The molecule has 36 heavy (non-hydrogen) atoms. The first-order chi connectivity index (χ1) is 17.4. The van der Waals surface area contributed by atoms with Gasteiger partial charge in [-0.1, -0.05) is 19.1 Å². The van der Waals surface area contributed by atoms with E-state index in [0.717, 1.165) is 37.2 Å². The molecule has 0 aliphatic carbocycles. The third kappa shape index (κ3) is 5.12. The molecular weight excluding hydrogens is 463 g/mol. The Hall–Kier alpha value is -3.30. The van der Waals surface area contributed by atoms with E-state index in [-0.39, 0.29) is 36.2 Å². The van der Waals surface area contributed by atoms with Gasteiger partial charge < -0.3 is 15.0 Å². The number of nitrogens with zero attached hydrogens (tertiary/aromatic N) is 2. The molecule has 9 heteroatoms. The summed E-state index contributed by atoms with van der Waals surface area (Å²) in [4.78, 5) is 40.7. The smallest absolute Gasteiger partial charge is 0.255 e. The number of piperidine rings is 2. The summed E-state index contributed by atoms with van der Waals surface area (Å²) in [6, 6.07) is 11.6. The lowest BCUT2D eigenvalue weighted by atomic mass is 10.0. The van der Waals surface area contributed by atoms with Gasteiger partial charge in [0.25, 0.3) is 5.91 Å². The maximum atomic E-state index is 13.3. The number of benzene rings is 2. The molecular formula is C27H31FN4O4. The highest BCUT2D eigenvalue weighted by atomic mass is 19.1. The Labute approximate surface area is 209 Å². The summed E-state index contributed by atoms with van der Waals surface area (Å²) in [5.41, 5.74) is 2.44. The maximum absolute atomic E-state index is 13.3. The lowest BCUT2D eigenvalue weighted by Gasteiger charge is -2.39. The molecule has 190 valence electrons. The molecule has 1 unspecified atom stereocenters. The van der Waals surface area contributed by atoms with E-state index in [1.165, 1.54) is 12.1 Å². The van der Waals surface area contributed by atoms with Crippen LogP contribution in [-0.2, 0) is 22.7 Å². The molecule has 3 aliphatic rings. The number of carbonyl (C=O) groups is 3. The largest absolute Gasteiger partial charge is 0.487 e. The van der Waals surface area contributed by atoms with Crippen molar-refractivity contribution in [1.82, 2.24) is 20.4 Å². The summed E-state index contributed by atoms with van der Waals surface area (Å²) in [6.45, 7) is 5.57. The van der Waals surface area contributed by atoms with Crippen molar-refractivity contribution in [1.29, 1.82) is 0 Å². The molecule has 5 rings (SSSR count). The van der Waals surface area contributed by atoms with Crippen LogP contribution in [0.3, 0.4) is 0 Å². The number of likely N-dealkylation sites (tertiary alicyclic amines) is 1. The summed E-state index contributed by atoms with van der Waals surface area (Å²) in [5.74, 6) is -0.465. The van der Waals surface area contributed by atoms with Crippen LogP contribution >= 0.6 is 0 Å². The van der Waals surface area contributed by atoms with Gasteiger partial charge in [-0.3, -0.25) is 24.6 Å². The Morgan fingerprint density at radius 3 is 2.67 bits per heavy atom. The number of rotatable bonds is 7. The first-order valence-electron chi connectivity index (χ1n) is 12.6. The molecule has 2 aromatic rings. The molecule has 2 N–H and O–H groups in total. The second-order valence-electron chi connectivity index (χ2n) is 9.69. The zero-order chi connectivity index (χ0) is 25.2. The van der Waals surface area contributed by atoms with E-state index in [1.807, 2.05) is 24.3 Å². The molecule has 2 saturated heterocycles. The first kappa shape index (κ1) is 24.4. The van der Waals surface area contributed by atoms with Crippen LogP contribution in [-0.4, -0.2) is 65.3 Å². The van der Waals surface area contributed by atoms with Crippen LogP contribution in [0.4, 0.5) is 4.39 Å². The average Bonchev–Trinajstić information content (AvgIpc) is 3.17. The van der Waals surface area contributed by atoms with Gasteiger partial charge in [-0.05, 0) is 60.8 Å². The molecule has 2 aromatic carbocycles. The standard InChI is InChI=1S/C27H31FN4O4/c1-2-29-22-11-12-31(14-17-3-5-19(28)6-4-17)16-24(22)36-20-7-8-21-18(13-20)15-32(27(21)35)23-9-10-25(33)30-26(23)34/h3-8,13,22-24,29H,2,9-12,14-16H2,1H3,(H,30,33,34)/t22-,23?,24-/m1/s1. The quantitative estimate of drug-likeness (QED) is 0.574. The second kappa shape index (κ2) is 10.4. The van der Waals surface area contributed by atoms with Crippen LogP contribution < -0.4 is 15.4 Å². The van der Waals surface area contributed by atoms with Crippen LogP contribution in [0.5, 0.6) is 5.75 Å². The second-order valence-corrected chi connectivity index (χ2v) is 9.69. The number of carbonyl (C=O) groups excluding carboxylic acids is 3. The number of hydrogen-bond donors (Lipinski definition) is 2. The first-order valence-corrected chi connectivity index (χ1v) is 12.6. The zero-order valence-corrected chi connectivity index (χ0v) is 20.3. The van der Waals surface area contributed by atoms with Crippen molar-refractivity contribution in [2.24, 2.45) is 0 Å². The monoisotopic (exact) mass is 494 g/mol. The van der Waals surface area contributed by atoms with E-state index in [9.17, 15) is 18.8 Å². The van der Waals surface area contributed by atoms with Crippen molar-refractivity contribution >= 4 is 17.7 Å². The molecule has 8 nitrogen and oxygen atoms in total. The van der Waals surface area contributed by atoms with Gasteiger partial charge in [-0.2, -0.15) is 0 Å². The number of likely N-dealkylation sites (N-methyl/N-ethyl adjacent to an activating group) is 1. The van der Waals surface area contributed by atoms with Gasteiger partial charge in [0.1, 0.15) is 23.7 Å². The summed E-state index contributed by atoms with van der Waals surface area (Å²) < 4.78 is 19.8. The fourth-order valence-corrected chi connectivity index (χ4v) is 5.39. The number of halogens is 1. The van der Waals surface area contributed by atoms with E-state index in [2.05, 4.69) is 22.5 Å². The van der Waals surface area contributed by atoms with E-state index in [1.54, 1.807) is 11.0 Å². The summed E-state index contributed by atoms with van der Waals surface area (Å²) in [6.07, 6.45) is 1.39. The molecule has 0 saturated carbocycles.